The smallest absolute Gasteiger partial charge is 0.129 e. The van der Waals surface area contributed by atoms with Crippen LogP contribution in [0.1, 0.15) is 44.1 Å². The summed E-state index contributed by atoms with van der Waals surface area (Å²) >= 11 is 0. The third-order valence-corrected chi connectivity index (χ3v) is 5.02. The molecule has 1 aromatic heterocycles. The van der Waals surface area contributed by atoms with Crippen LogP contribution < -0.4 is 5.32 Å². The maximum absolute atomic E-state index is 4.50. The van der Waals surface area contributed by atoms with E-state index in [0.29, 0.717) is 0 Å². The summed E-state index contributed by atoms with van der Waals surface area (Å²) in [5.41, 5.74) is 1.13. The highest BCUT2D eigenvalue weighted by Crippen LogP contribution is 2.37. The molecule has 0 aliphatic carbocycles. The highest BCUT2D eigenvalue weighted by atomic mass is 15.2. The fraction of sp³-hybridized carbons (Fsp3) is 0.750. The zero-order chi connectivity index (χ0) is 14.1. The van der Waals surface area contributed by atoms with Gasteiger partial charge >= 0.3 is 0 Å². The van der Waals surface area contributed by atoms with E-state index in [9.17, 15) is 0 Å². The highest BCUT2D eigenvalue weighted by Gasteiger charge is 2.38. The van der Waals surface area contributed by atoms with E-state index in [1.54, 1.807) is 0 Å². The first-order valence-electron chi connectivity index (χ1n) is 7.96. The number of nitrogens with one attached hydrogen (secondary N) is 1. The molecule has 0 spiro atoms. The Morgan fingerprint density at radius 2 is 1.95 bits per heavy atom. The Balaban J connectivity index is 1.59. The second-order valence-corrected chi connectivity index (χ2v) is 6.41. The molecule has 0 saturated carbocycles. The van der Waals surface area contributed by atoms with E-state index in [2.05, 4.69) is 40.2 Å². The summed E-state index contributed by atoms with van der Waals surface area (Å²) in [6.45, 7) is 5.17. The summed E-state index contributed by atoms with van der Waals surface area (Å²) in [5.74, 6) is 2.67. The molecule has 1 N–H and O–H groups in total. The van der Waals surface area contributed by atoms with Crippen LogP contribution in [0.15, 0.2) is 6.07 Å². The summed E-state index contributed by atoms with van der Waals surface area (Å²) in [4.78, 5) is 11.5. The topological polar surface area (TPSA) is 41.0 Å². The van der Waals surface area contributed by atoms with Crippen molar-refractivity contribution in [3.05, 3.63) is 17.6 Å². The normalized spacial score (nSPS) is 29.6. The molecule has 1 aromatic rings. The Bertz CT molecular complexity index is 460. The molecule has 2 aliphatic heterocycles. The lowest BCUT2D eigenvalue weighted by molar-refractivity contribution is 0.139. The molecule has 0 amide bonds. The monoisotopic (exact) mass is 274 g/mol. The average molecular weight is 274 g/mol. The van der Waals surface area contributed by atoms with Crippen molar-refractivity contribution in [3.63, 3.8) is 0 Å². The van der Waals surface area contributed by atoms with Gasteiger partial charge in [-0.15, -0.1) is 0 Å². The zero-order valence-corrected chi connectivity index (χ0v) is 12.9. The second-order valence-electron chi connectivity index (χ2n) is 6.41. The molecule has 0 radical (unpaired) electrons. The van der Waals surface area contributed by atoms with Crippen molar-refractivity contribution in [2.45, 2.75) is 58.0 Å². The van der Waals surface area contributed by atoms with Gasteiger partial charge in [-0.2, -0.15) is 0 Å². The van der Waals surface area contributed by atoms with Crippen molar-refractivity contribution < 1.29 is 0 Å². The minimum absolute atomic E-state index is 0.795. The number of anilines is 1. The number of hydrogen-bond donors (Lipinski definition) is 1. The summed E-state index contributed by atoms with van der Waals surface area (Å²) in [7, 11) is 2.30. The van der Waals surface area contributed by atoms with Crippen LogP contribution >= 0.6 is 0 Å². The SMILES string of the molecule is CCc1cc(NCC2CC3CCC(C2)N3C)nc(C)n1. The van der Waals surface area contributed by atoms with Crippen LogP contribution in [0.5, 0.6) is 0 Å². The predicted molar refractivity (Wildman–Crippen MR) is 81.9 cm³/mol. The van der Waals surface area contributed by atoms with Gasteiger partial charge in [0.05, 0.1) is 0 Å². The molecule has 3 heterocycles. The number of piperidine rings is 1. The van der Waals surface area contributed by atoms with Crippen molar-refractivity contribution in [2.75, 3.05) is 18.9 Å². The summed E-state index contributed by atoms with van der Waals surface area (Å²) in [6.07, 6.45) is 6.43. The molecule has 0 aromatic carbocycles. The van der Waals surface area contributed by atoms with E-state index < -0.39 is 0 Å². The van der Waals surface area contributed by atoms with Gasteiger partial charge in [-0.05, 0) is 52.0 Å². The van der Waals surface area contributed by atoms with Crippen LogP contribution in [0, 0.1) is 12.8 Å². The first-order chi connectivity index (χ1) is 9.65. The lowest BCUT2D eigenvalue weighted by Crippen LogP contribution is -2.41. The van der Waals surface area contributed by atoms with E-state index in [-0.39, 0.29) is 0 Å². The van der Waals surface area contributed by atoms with Crippen LogP contribution in [0.25, 0.3) is 0 Å². The number of hydrogen-bond acceptors (Lipinski definition) is 4. The molecule has 2 atom stereocenters. The molecule has 2 bridgehead atoms. The highest BCUT2D eigenvalue weighted by molar-refractivity contribution is 5.36. The van der Waals surface area contributed by atoms with Gasteiger partial charge in [-0.25, -0.2) is 9.97 Å². The van der Waals surface area contributed by atoms with Gasteiger partial charge < -0.3 is 10.2 Å². The fourth-order valence-corrected chi connectivity index (χ4v) is 3.84. The summed E-state index contributed by atoms with van der Waals surface area (Å²) in [5, 5.41) is 3.54. The van der Waals surface area contributed by atoms with E-state index in [1.807, 2.05) is 6.92 Å². The number of aromatic nitrogens is 2. The number of fused-ring (bicyclic) bond motifs is 2. The number of rotatable bonds is 4. The van der Waals surface area contributed by atoms with E-state index in [0.717, 1.165) is 48.3 Å². The standard InChI is InChI=1S/C16H26N4/c1-4-13-9-16(19-11(2)18-13)17-10-12-7-14-5-6-15(8-12)20(14)3/h9,12,14-15H,4-8,10H2,1-3H3,(H,17,18,19). The molecule has 2 fully saturated rings. The molecule has 3 rings (SSSR count). The Labute approximate surface area is 122 Å². The van der Waals surface area contributed by atoms with Crippen molar-refractivity contribution in [3.8, 4) is 0 Å². The van der Waals surface area contributed by atoms with Gasteiger partial charge in [-0.3, -0.25) is 0 Å². The van der Waals surface area contributed by atoms with Crippen molar-refractivity contribution >= 4 is 5.82 Å². The lowest BCUT2D eigenvalue weighted by atomic mass is 9.91. The van der Waals surface area contributed by atoms with Gasteiger partial charge in [0.25, 0.3) is 0 Å². The van der Waals surface area contributed by atoms with Crippen molar-refractivity contribution in [1.29, 1.82) is 0 Å². The molecule has 110 valence electrons. The molecule has 2 saturated heterocycles. The van der Waals surface area contributed by atoms with Gasteiger partial charge in [0, 0.05) is 30.4 Å². The lowest BCUT2D eigenvalue weighted by Gasteiger charge is -2.36. The van der Waals surface area contributed by atoms with E-state index in [4.69, 9.17) is 0 Å². The van der Waals surface area contributed by atoms with E-state index in [1.165, 1.54) is 25.7 Å². The minimum atomic E-state index is 0.795. The largest absolute Gasteiger partial charge is 0.370 e. The third-order valence-electron chi connectivity index (χ3n) is 5.02. The predicted octanol–water partition coefficient (Wildman–Crippen LogP) is 2.63. The zero-order valence-electron chi connectivity index (χ0n) is 12.9. The Morgan fingerprint density at radius 3 is 2.60 bits per heavy atom. The average Bonchev–Trinajstić information content (AvgIpc) is 2.66. The van der Waals surface area contributed by atoms with Crippen LogP contribution in [0.2, 0.25) is 0 Å². The first kappa shape index (κ1) is 13.8. The van der Waals surface area contributed by atoms with Crippen LogP contribution in [0.4, 0.5) is 5.82 Å². The van der Waals surface area contributed by atoms with Gasteiger partial charge in [0.2, 0.25) is 0 Å². The van der Waals surface area contributed by atoms with Crippen LogP contribution in [-0.4, -0.2) is 40.5 Å². The van der Waals surface area contributed by atoms with E-state index >= 15 is 0 Å². The van der Waals surface area contributed by atoms with Crippen LogP contribution in [0.3, 0.4) is 0 Å². The number of nitrogens with zero attached hydrogens (tertiary/aromatic N) is 3. The quantitative estimate of drug-likeness (QED) is 0.916. The first-order valence-corrected chi connectivity index (χ1v) is 7.96. The maximum Gasteiger partial charge on any atom is 0.129 e. The molecular weight excluding hydrogens is 248 g/mol. The Morgan fingerprint density at radius 1 is 1.25 bits per heavy atom. The molecule has 2 unspecified atom stereocenters. The minimum Gasteiger partial charge on any atom is -0.370 e. The second kappa shape index (κ2) is 5.68. The molecule has 4 heteroatoms. The van der Waals surface area contributed by atoms with Crippen molar-refractivity contribution in [2.24, 2.45) is 5.92 Å². The molecular formula is C16H26N4. The molecule has 4 nitrogen and oxygen atoms in total. The number of aryl methyl sites for hydroxylation is 2. The fourth-order valence-electron chi connectivity index (χ4n) is 3.84. The molecule has 2 aliphatic rings. The van der Waals surface area contributed by atoms with Gasteiger partial charge in [-0.1, -0.05) is 6.92 Å². The Hall–Kier alpha value is -1.16. The molecule has 20 heavy (non-hydrogen) atoms. The Kier molecular flexibility index (Phi) is 3.92. The summed E-state index contributed by atoms with van der Waals surface area (Å²) in [6, 6.07) is 3.73. The van der Waals surface area contributed by atoms with Gasteiger partial charge in [0.1, 0.15) is 11.6 Å². The maximum atomic E-state index is 4.50. The van der Waals surface area contributed by atoms with Gasteiger partial charge in [0.15, 0.2) is 0 Å². The van der Waals surface area contributed by atoms with Crippen LogP contribution in [-0.2, 0) is 6.42 Å². The third kappa shape index (κ3) is 2.80. The summed E-state index contributed by atoms with van der Waals surface area (Å²) < 4.78 is 0. The van der Waals surface area contributed by atoms with Crippen molar-refractivity contribution in [1.82, 2.24) is 14.9 Å².